The molecule has 0 saturated carbocycles. The zero-order chi connectivity index (χ0) is 13.7. The van der Waals surface area contributed by atoms with Gasteiger partial charge in [-0.3, -0.25) is 0 Å². The fraction of sp³-hybridized carbons (Fsp3) is 1.00. The number of aliphatic hydroxyl groups excluding tert-OH is 1. The fourth-order valence-electron chi connectivity index (χ4n) is 3.29. The Bertz CT molecular complexity index is 263. The Morgan fingerprint density at radius 3 is 2.95 bits per heavy atom. The van der Waals surface area contributed by atoms with Crippen LogP contribution in [-0.4, -0.2) is 61.5 Å². The van der Waals surface area contributed by atoms with E-state index >= 15 is 0 Å². The maximum absolute atomic E-state index is 9.81. The predicted octanol–water partition coefficient (Wildman–Crippen LogP) is 1.09. The quantitative estimate of drug-likeness (QED) is 0.785. The molecule has 2 N–H and O–H groups in total. The van der Waals surface area contributed by atoms with Gasteiger partial charge in [-0.05, 0) is 31.7 Å². The number of nitrogens with zero attached hydrogens (tertiary/aromatic N) is 1. The van der Waals surface area contributed by atoms with Crippen molar-refractivity contribution < 1.29 is 9.84 Å². The summed E-state index contributed by atoms with van der Waals surface area (Å²) >= 11 is 0. The standard InChI is InChI=1S/C15H30N2O2/c1-3-6-16-14-5-8-19-11-13(14)10-17-7-4-15(18)12(2)9-17/h12-16,18H,3-11H2,1-2H3. The normalized spacial score (nSPS) is 37.4. The Balaban J connectivity index is 1.81. The lowest BCUT2D eigenvalue weighted by atomic mass is 9.92. The number of hydrogen-bond acceptors (Lipinski definition) is 4. The third-order valence-electron chi connectivity index (χ3n) is 4.57. The topological polar surface area (TPSA) is 44.7 Å². The van der Waals surface area contributed by atoms with E-state index in [0.717, 1.165) is 52.2 Å². The molecule has 2 saturated heterocycles. The monoisotopic (exact) mass is 270 g/mol. The van der Waals surface area contributed by atoms with Crippen molar-refractivity contribution in [2.24, 2.45) is 11.8 Å². The van der Waals surface area contributed by atoms with Crippen molar-refractivity contribution in [3.05, 3.63) is 0 Å². The van der Waals surface area contributed by atoms with Crippen LogP contribution in [0.2, 0.25) is 0 Å². The zero-order valence-corrected chi connectivity index (χ0v) is 12.5. The minimum absolute atomic E-state index is 0.104. The van der Waals surface area contributed by atoms with E-state index in [4.69, 9.17) is 4.74 Å². The molecule has 0 radical (unpaired) electrons. The van der Waals surface area contributed by atoms with Crippen LogP contribution >= 0.6 is 0 Å². The van der Waals surface area contributed by atoms with Crippen LogP contribution in [0.3, 0.4) is 0 Å². The van der Waals surface area contributed by atoms with E-state index in [2.05, 4.69) is 24.1 Å². The molecule has 4 unspecified atom stereocenters. The zero-order valence-electron chi connectivity index (χ0n) is 12.5. The smallest absolute Gasteiger partial charge is 0.0590 e. The van der Waals surface area contributed by atoms with E-state index in [9.17, 15) is 5.11 Å². The van der Waals surface area contributed by atoms with Crippen LogP contribution in [0, 0.1) is 11.8 Å². The average Bonchev–Trinajstić information content (AvgIpc) is 2.42. The van der Waals surface area contributed by atoms with Crippen LogP contribution in [0.5, 0.6) is 0 Å². The molecule has 2 fully saturated rings. The molecule has 4 heteroatoms. The highest BCUT2D eigenvalue weighted by atomic mass is 16.5. The predicted molar refractivity (Wildman–Crippen MR) is 77.2 cm³/mol. The van der Waals surface area contributed by atoms with Crippen molar-refractivity contribution >= 4 is 0 Å². The molecule has 2 rings (SSSR count). The molecular weight excluding hydrogens is 240 g/mol. The van der Waals surface area contributed by atoms with Crippen LogP contribution in [0.25, 0.3) is 0 Å². The first kappa shape index (κ1) is 15.2. The Hall–Kier alpha value is -0.160. The lowest BCUT2D eigenvalue weighted by Crippen LogP contribution is -2.51. The lowest BCUT2D eigenvalue weighted by molar-refractivity contribution is -0.00879. The van der Waals surface area contributed by atoms with Crippen molar-refractivity contribution in [2.45, 2.75) is 45.3 Å². The second-order valence-corrected chi connectivity index (χ2v) is 6.28. The van der Waals surface area contributed by atoms with Gasteiger partial charge in [-0.25, -0.2) is 0 Å². The molecule has 112 valence electrons. The molecule has 2 heterocycles. The molecule has 4 nitrogen and oxygen atoms in total. The number of nitrogens with one attached hydrogen (secondary N) is 1. The minimum atomic E-state index is -0.104. The summed E-state index contributed by atoms with van der Waals surface area (Å²) in [6.07, 6.45) is 3.14. The van der Waals surface area contributed by atoms with Gasteiger partial charge in [0.05, 0.1) is 12.7 Å². The van der Waals surface area contributed by atoms with E-state index in [1.165, 1.54) is 6.42 Å². The first-order chi connectivity index (χ1) is 9.20. The van der Waals surface area contributed by atoms with E-state index in [1.807, 2.05) is 0 Å². The van der Waals surface area contributed by atoms with E-state index in [-0.39, 0.29) is 6.10 Å². The largest absolute Gasteiger partial charge is 0.393 e. The molecule has 2 aliphatic rings. The van der Waals surface area contributed by atoms with Gasteiger partial charge in [0, 0.05) is 38.2 Å². The number of ether oxygens (including phenoxy) is 1. The molecule has 0 aromatic carbocycles. The van der Waals surface area contributed by atoms with Gasteiger partial charge in [0.2, 0.25) is 0 Å². The number of piperidine rings is 1. The highest BCUT2D eigenvalue weighted by molar-refractivity contribution is 4.85. The number of rotatable bonds is 5. The SMILES string of the molecule is CCCNC1CCOCC1CN1CCC(O)C(C)C1. The highest BCUT2D eigenvalue weighted by Crippen LogP contribution is 2.21. The first-order valence-corrected chi connectivity index (χ1v) is 7.92. The van der Waals surface area contributed by atoms with Crippen LogP contribution in [0.15, 0.2) is 0 Å². The van der Waals surface area contributed by atoms with Crippen molar-refractivity contribution in [3.8, 4) is 0 Å². The minimum Gasteiger partial charge on any atom is -0.393 e. The maximum Gasteiger partial charge on any atom is 0.0590 e. The fourth-order valence-corrected chi connectivity index (χ4v) is 3.29. The van der Waals surface area contributed by atoms with Crippen molar-refractivity contribution in [2.75, 3.05) is 39.4 Å². The molecule has 0 amide bonds. The summed E-state index contributed by atoms with van der Waals surface area (Å²) in [7, 11) is 0. The van der Waals surface area contributed by atoms with Gasteiger partial charge in [-0.2, -0.15) is 0 Å². The maximum atomic E-state index is 9.81. The van der Waals surface area contributed by atoms with Crippen LogP contribution in [0.1, 0.15) is 33.1 Å². The third kappa shape index (κ3) is 4.42. The summed E-state index contributed by atoms with van der Waals surface area (Å²) in [5.74, 6) is 1.00. The molecule has 0 spiro atoms. The first-order valence-electron chi connectivity index (χ1n) is 7.92. The van der Waals surface area contributed by atoms with Gasteiger partial charge in [0.25, 0.3) is 0 Å². The van der Waals surface area contributed by atoms with Gasteiger partial charge in [-0.15, -0.1) is 0 Å². The third-order valence-corrected chi connectivity index (χ3v) is 4.57. The van der Waals surface area contributed by atoms with Crippen molar-refractivity contribution in [3.63, 3.8) is 0 Å². The second-order valence-electron chi connectivity index (χ2n) is 6.28. The second kappa shape index (κ2) is 7.58. The molecule has 4 atom stereocenters. The Morgan fingerprint density at radius 1 is 1.37 bits per heavy atom. The van der Waals surface area contributed by atoms with Crippen molar-refractivity contribution in [1.29, 1.82) is 0 Å². The van der Waals surface area contributed by atoms with Crippen LogP contribution in [0.4, 0.5) is 0 Å². The highest BCUT2D eigenvalue weighted by Gasteiger charge is 2.30. The summed E-state index contributed by atoms with van der Waals surface area (Å²) < 4.78 is 5.67. The van der Waals surface area contributed by atoms with Crippen LogP contribution < -0.4 is 5.32 Å². The summed E-state index contributed by atoms with van der Waals surface area (Å²) in [5.41, 5.74) is 0. The summed E-state index contributed by atoms with van der Waals surface area (Å²) in [6.45, 7) is 10.4. The van der Waals surface area contributed by atoms with E-state index in [0.29, 0.717) is 17.9 Å². The van der Waals surface area contributed by atoms with E-state index in [1.54, 1.807) is 0 Å². The number of likely N-dealkylation sites (tertiary alicyclic amines) is 1. The Kier molecular flexibility index (Phi) is 6.07. The molecule has 2 aliphatic heterocycles. The van der Waals surface area contributed by atoms with Gasteiger partial charge >= 0.3 is 0 Å². The Morgan fingerprint density at radius 2 is 2.21 bits per heavy atom. The summed E-state index contributed by atoms with van der Waals surface area (Å²) in [4.78, 5) is 2.51. The lowest BCUT2D eigenvalue weighted by Gasteiger charge is -2.40. The molecular formula is C15H30N2O2. The molecule has 0 aliphatic carbocycles. The van der Waals surface area contributed by atoms with E-state index < -0.39 is 0 Å². The molecule has 0 aromatic heterocycles. The molecule has 19 heavy (non-hydrogen) atoms. The van der Waals surface area contributed by atoms with Crippen LogP contribution in [-0.2, 0) is 4.74 Å². The molecule has 0 bridgehead atoms. The number of aliphatic hydroxyl groups is 1. The van der Waals surface area contributed by atoms with Gasteiger partial charge in [0.15, 0.2) is 0 Å². The molecule has 0 aromatic rings. The average molecular weight is 270 g/mol. The number of hydrogen-bond donors (Lipinski definition) is 2. The summed E-state index contributed by atoms with van der Waals surface area (Å²) in [5, 5.41) is 13.5. The van der Waals surface area contributed by atoms with Gasteiger partial charge in [-0.1, -0.05) is 13.8 Å². The van der Waals surface area contributed by atoms with Crippen molar-refractivity contribution in [1.82, 2.24) is 10.2 Å². The summed E-state index contributed by atoms with van der Waals surface area (Å²) in [6, 6.07) is 0.607. The Labute approximate surface area is 117 Å². The van der Waals surface area contributed by atoms with Gasteiger partial charge < -0.3 is 20.1 Å². The van der Waals surface area contributed by atoms with Gasteiger partial charge in [0.1, 0.15) is 0 Å².